The molecule has 0 saturated heterocycles. The van der Waals surface area contributed by atoms with E-state index in [1.165, 1.54) is 25.3 Å². The van der Waals surface area contributed by atoms with Gasteiger partial charge in [0.1, 0.15) is 5.76 Å². The van der Waals surface area contributed by atoms with E-state index in [1.807, 2.05) is 0 Å². The number of rotatable bonds is 5. The third kappa shape index (κ3) is 3.75. The maximum absolute atomic E-state index is 12.3. The van der Waals surface area contributed by atoms with Crippen molar-refractivity contribution in [1.29, 1.82) is 0 Å². The summed E-state index contributed by atoms with van der Waals surface area (Å²) in [6.45, 7) is 5.09. The Morgan fingerprint density at radius 1 is 1.23 bits per heavy atom. The van der Waals surface area contributed by atoms with Gasteiger partial charge in [-0.05, 0) is 37.6 Å². The normalized spacial score (nSPS) is 11.4. The Kier molecular flexibility index (Phi) is 4.68. The molecule has 1 aromatic carbocycles. The van der Waals surface area contributed by atoms with Crippen molar-refractivity contribution in [3.05, 3.63) is 47.4 Å². The second kappa shape index (κ2) is 6.33. The van der Waals surface area contributed by atoms with Crippen LogP contribution in [0.1, 0.15) is 23.8 Å². The summed E-state index contributed by atoms with van der Waals surface area (Å²) in [5, 5.41) is 2.62. The minimum atomic E-state index is -3.67. The van der Waals surface area contributed by atoms with Gasteiger partial charge in [0.15, 0.2) is 0 Å². The number of hydrogen-bond acceptors (Lipinski definition) is 4. The molecule has 0 spiro atoms. The maximum atomic E-state index is 12.3. The average Bonchev–Trinajstić information content (AvgIpc) is 2.84. The number of sulfonamides is 1. The lowest BCUT2D eigenvalue weighted by atomic mass is 10.2. The van der Waals surface area contributed by atoms with Gasteiger partial charge in [0.05, 0.1) is 11.2 Å². The molecule has 1 heterocycles. The van der Waals surface area contributed by atoms with Gasteiger partial charge in [-0.15, -0.1) is 0 Å². The molecule has 0 aliphatic carbocycles. The first-order valence-electron chi connectivity index (χ1n) is 6.70. The molecular weight excluding hydrogens is 304 g/mol. The van der Waals surface area contributed by atoms with E-state index in [1.54, 1.807) is 26.0 Å². The van der Waals surface area contributed by atoms with Crippen LogP contribution in [-0.4, -0.2) is 14.3 Å². The van der Waals surface area contributed by atoms with E-state index in [9.17, 15) is 13.2 Å². The standard InChI is InChI=1S/C15H18N2O4S/c1-10-4-5-14(8-15(10)17-12(3)18)22(19,20)16-9-13-6-7-21-11(13)2/h4-8,16H,9H2,1-3H3,(H,17,18). The predicted octanol–water partition coefficient (Wildman–Crippen LogP) is 2.33. The fourth-order valence-electron chi connectivity index (χ4n) is 1.94. The Bertz CT molecular complexity index is 794. The van der Waals surface area contributed by atoms with Crippen LogP contribution in [0.2, 0.25) is 0 Å². The Morgan fingerprint density at radius 2 is 1.95 bits per heavy atom. The molecule has 2 aromatic rings. The van der Waals surface area contributed by atoms with Gasteiger partial charge in [-0.1, -0.05) is 6.07 Å². The van der Waals surface area contributed by atoms with Crippen LogP contribution in [0.15, 0.2) is 39.8 Å². The molecule has 2 rings (SSSR count). The molecule has 2 N–H and O–H groups in total. The van der Waals surface area contributed by atoms with Crippen molar-refractivity contribution in [2.45, 2.75) is 32.2 Å². The molecule has 1 aromatic heterocycles. The third-order valence-electron chi connectivity index (χ3n) is 3.25. The quantitative estimate of drug-likeness (QED) is 0.884. The first-order chi connectivity index (χ1) is 10.3. The van der Waals surface area contributed by atoms with Crippen molar-refractivity contribution in [3.8, 4) is 0 Å². The van der Waals surface area contributed by atoms with Gasteiger partial charge in [0.2, 0.25) is 15.9 Å². The SMILES string of the molecule is CC(=O)Nc1cc(S(=O)(=O)NCc2ccoc2C)ccc1C. The van der Waals surface area contributed by atoms with Gasteiger partial charge in [-0.2, -0.15) is 0 Å². The zero-order valence-corrected chi connectivity index (χ0v) is 13.5. The summed E-state index contributed by atoms with van der Waals surface area (Å²) >= 11 is 0. The van der Waals surface area contributed by atoms with Crippen LogP contribution >= 0.6 is 0 Å². The molecule has 0 radical (unpaired) electrons. The monoisotopic (exact) mass is 322 g/mol. The van der Waals surface area contributed by atoms with Gasteiger partial charge in [-0.25, -0.2) is 13.1 Å². The summed E-state index contributed by atoms with van der Waals surface area (Å²) in [6.07, 6.45) is 1.51. The Morgan fingerprint density at radius 3 is 2.55 bits per heavy atom. The lowest BCUT2D eigenvalue weighted by molar-refractivity contribution is -0.114. The van der Waals surface area contributed by atoms with Gasteiger partial charge in [0, 0.05) is 24.7 Å². The molecule has 0 aliphatic heterocycles. The number of benzene rings is 1. The van der Waals surface area contributed by atoms with Crippen molar-refractivity contribution < 1.29 is 17.6 Å². The van der Waals surface area contributed by atoms with Gasteiger partial charge < -0.3 is 9.73 Å². The van der Waals surface area contributed by atoms with Crippen molar-refractivity contribution in [2.24, 2.45) is 0 Å². The topological polar surface area (TPSA) is 88.4 Å². The van der Waals surface area contributed by atoms with E-state index in [0.29, 0.717) is 11.4 Å². The third-order valence-corrected chi connectivity index (χ3v) is 4.65. The number of aryl methyl sites for hydroxylation is 2. The largest absolute Gasteiger partial charge is 0.469 e. The van der Waals surface area contributed by atoms with Crippen LogP contribution in [-0.2, 0) is 21.4 Å². The molecule has 6 nitrogen and oxygen atoms in total. The van der Waals surface area contributed by atoms with E-state index in [0.717, 1.165) is 11.1 Å². The highest BCUT2D eigenvalue weighted by Crippen LogP contribution is 2.20. The molecule has 22 heavy (non-hydrogen) atoms. The fraction of sp³-hybridized carbons (Fsp3) is 0.267. The summed E-state index contributed by atoms with van der Waals surface area (Å²) in [7, 11) is -3.67. The Hall–Kier alpha value is -2.12. The zero-order chi connectivity index (χ0) is 16.3. The van der Waals surface area contributed by atoms with E-state index in [-0.39, 0.29) is 17.3 Å². The van der Waals surface area contributed by atoms with Crippen molar-refractivity contribution in [1.82, 2.24) is 4.72 Å². The Balaban J connectivity index is 2.22. The lowest BCUT2D eigenvalue weighted by Gasteiger charge is -2.11. The first kappa shape index (κ1) is 16.3. The minimum Gasteiger partial charge on any atom is -0.469 e. The van der Waals surface area contributed by atoms with E-state index in [2.05, 4.69) is 10.0 Å². The van der Waals surface area contributed by atoms with Crippen molar-refractivity contribution in [3.63, 3.8) is 0 Å². The summed E-state index contributed by atoms with van der Waals surface area (Å²) in [6, 6.07) is 6.32. The smallest absolute Gasteiger partial charge is 0.240 e. The molecule has 0 fully saturated rings. The number of nitrogens with one attached hydrogen (secondary N) is 2. The van der Waals surface area contributed by atoms with Crippen molar-refractivity contribution in [2.75, 3.05) is 5.32 Å². The van der Waals surface area contributed by atoms with Crippen LogP contribution < -0.4 is 10.0 Å². The van der Waals surface area contributed by atoms with Gasteiger partial charge in [0.25, 0.3) is 0 Å². The zero-order valence-electron chi connectivity index (χ0n) is 12.6. The van der Waals surface area contributed by atoms with E-state index >= 15 is 0 Å². The lowest BCUT2D eigenvalue weighted by Crippen LogP contribution is -2.23. The predicted molar refractivity (Wildman–Crippen MR) is 83.0 cm³/mol. The van der Waals surface area contributed by atoms with E-state index in [4.69, 9.17) is 4.42 Å². The number of anilines is 1. The average molecular weight is 322 g/mol. The highest BCUT2D eigenvalue weighted by atomic mass is 32.2. The van der Waals surface area contributed by atoms with Gasteiger partial charge in [-0.3, -0.25) is 4.79 Å². The molecular formula is C15H18N2O4S. The van der Waals surface area contributed by atoms with E-state index < -0.39 is 10.0 Å². The molecule has 7 heteroatoms. The van der Waals surface area contributed by atoms with Crippen LogP contribution in [0.4, 0.5) is 5.69 Å². The summed E-state index contributed by atoms with van der Waals surface area (Å²) < 4.78 is 32.3. The van der Waals surface area contributed by atoms with Crippen LogP contribution in [0, 0.1) is 13.8 Å². The number of hydrogen-bond donors (Lipinski definition) is 2. The van der Waals surface area contributed by atoms with Crippen LogP contribution in [0.5, 0.6) is 0 Å². The van der Waals surface area contributed by atoms with Crippen molar-refractivity contribution >= 4 is 21.6 Å². The van der Waals surface area contributed by atoms with Crippen LogP contribution in [0.3, 0.4) is 0 Å². The molecule has 0 aliphatic rings. The summed E-state index contributed by atoms with van der Waals surface area (Å²) in [4.78, 5) is 11.3. The second-order valence-electron chi connectivity index (χ2n) is 4.98. The number of carbonyl (C=O) groups is 1. The molecule has 0 atom stereocenters. The van der Waals surface area contributed by atoms with Gasteiger partial charge >= 0.3 is 0 Å². The highest BCUT2D eigenvalue weighted by molar-refractivity contribution is 7.89. The first-order valence-corrected chi connectivity index (χ1v) is 8.19. The summed E-state index contributed by atoms with van der Waals surface area (Å²) in [5.41, 5.74) is 2.05. The highest BCUT2D eigenvalue weighted by Gasteiger charge is 2.16. The summed E-state index contributed by atoms with van der Waals surface area (Å²) in [5.74, 6) is 0.421. The molecule has 0 saturated carbocycles. The number of amides is 1. The number of furan rings is 1. The number of carbonyl (C=O) groups excluding carboxylic acids is 1. The minimum absolute atomic E-state index is 0.1000. The fourth-order valence-corrected chi connectivity index (χ4v) is 2.98. The second-order valence-corrected chi connectivity index (χ2v) is 6.75. The Labute approximate surface area is 129 Å². The molecule has 0 unspecified atom stereocenters. The van der Waals surface area contributed by atoms with Crippen LogP contribution in [0.25, 0.3) is 0 Å². The molecule has 0 bridgehead atoms. The maximum Gasteiger partial charge on any atom is 0.240 e. The molecule has 1 amide bonds. The molecule has 118 valence electrons.